The van der Waals surface area contributed by atoms with Crippen LogP contribution in [0.4, 0.5) is 0 Å². The SMILES string of the molecule is COc1cc(-c2[nH]c(=S)ncc2C)ccc1Cl. The molecule has 0 saturated heterocycles. The van der Waals surface area contributed by atoms with Gasteiger partial charge in [0, 0.05) is 11.8 Å². The smallest absolute Gasteiger partial charge is 0.197 e. The molecule has 0 aliphatic rings. The van der Waals surface area contributed by atoms with E-state index in [9.17, 15) is 0 Å². The monoisotopic (exact) mass is 266 g/mol. The number of aromatic nitrogens is 2. The van der Waals surface area contributed by atoms with Gasteiger partial charge in [-0.2, -0.15) is 0 Å². The van der Waals surface area contributed by atoms with Crippen molar-refractivity contribution in [3.05, 3.63) is 39.8 Å². The molecular formula is C12H11ClN2OS. The molecule has 2 rings (SSSR count). The molecular weight excluding hydrogens is 256 g/mol. The predicted molar refractivity (Wildman–Crippen MR) is 71.2 cm³/mol. The topological polar surface area (TPSA) is 37.9 Å². The van der Waals surface area contributed by atoms with E-state index >= 15 is 0 Å². The van der Waals surface area contributed by atoms with E-state index in [1.54, 1.807) is 19.4 Å². The fraction of sp³-hybridized carbons (Fsp3) is 0.167. The summed E-state index contributed by atoms with van der Waals surface area (Å²) < 4.78 is 5.65. The second-order valence-electron chi connectivity index (χ2n) is 3.60. The van der Waals surface area contributed by atoms with Crippen molar-refractivity contribution < 1.29 is 4.74 Å². The Kier molecular flexibility index (Phi) is 3.45. The van der Waals surface area contributed by atoms with Gasteiger partial charge in [0.2, 0.25) is 0 Å². The number of nitrogens with one attached hydrogen (secondary N) is 1. The van der Waals surface area contributed by atoms with Crippen molar-refractivity contribution in [2.45, 2.75) is 6.92 Å². The number of halogens is 1. The van der Waals surface area contributed by atoms with Crippen LogP contribution in [-0.4, -0.2) is 17.1 Å². The highest BCUT2D eigenvalue weighted by molar-refractivity contribution is 7.71. The molecule has 5 heteroatoms. The van der Waals surface area contributed by atoms with E-state index in [1.807, 2.05) is 19.1 Å². The highest BCUT2D eigenvalue weighted by atomic mass is 35.5. The lowest BCUT2D eigenvalue weighted by Gasteiger charge is -2.08. The number of aryl methyl sites for hydroxylation is 1. The summed E-state index contributed by atoms with van der Waals surface area (Å²) in [5.41, 5.74) is 2.92. The Bertz CT molecular complexity index is 610. The van der Waals surface area contributed by atoms with Crippen molar-refractivity contribution in [2.24, 2.45) is 0 Å². The molecule has 0 amide bonds. The Balaban J connectivity index is 2.60. The van der Waals surface area contributed by atoms with Crippen LogP contribution >= 0.6 is 23.8 Å². The zero-order chi connectivity index (χ0) is 12.4. The fourth-order valence-corrected chi connectivity index (χ4v) is 1.92. The summed E-state index contributed by atoms with van der Waals surface area (Å²) in [5, 5.41) is 0.585. The number of benzene rings is 1. The molecule has 1 aromatic carbocycles. The quantitative estimate of drug-likeness (QED) is 0.841. The first-order chi connectivity index (χ1) is 8.11. The van der Waals surface area contributed by atoms with Gasteiger partial charge in [-0.3, -0.25) is 0 Å². The maximum absolute atomic E-state index is 5.99. The highest BCUT2D eigenvalue weighted by Crippen LogP contribution is 2.30. The van der Waals surface area contributed by atoms with Crippen LogP contribution in [0.2, 0.25) is 5.02 Å². The normalized spacial score (nSPS) is 10.3. The minimum atomic E-state index is 0.458. The van der Waals surface area contributed by atoms with Crippen molar-refractivity contribution in [1.82, 2.24) is 9.97 Å². The van der Waals surface area contributed by atoms with E-state index in [2.05, 4.69) is 9.97 Å². The molecule has 1 aromatic heterocycles. The van der Waals surface area contributed by atoms with Gasteiger partial charge in [-0.25, -0.2) is 4.98 Å². The number of methoxy groups -OCH3 is 1. The van der Waals surface area contributed by atoms with Gasteiger partial charge in [0.05, 0.1) is 17.8 Å². The van der Waals surface area contributed by atoms with E-state index < -0.39 is 0 Å². The largest absolute Gasteiger partial charge is 0.495 e. The van der Waals surface area contributed by atoms with Gasteiger partial charge in [-0.05, 0) is 36.8 Å². The Morgan fingerprint density at radius 2 is 2.18 bits per heavy atom. The van der Waals surface area contributed by atoms with E-state index in [-0.39, 0.29) is 0 Å². The number of nitrogens with zero attached hydrogens (tertiary/aromatic N) is 1. The van der Waals surface area contributed by atoms with Crippen LogP contribution < -0.4 is 4.74 Å². The molecule has 1 N–H and O–H groups in total. The molecule has 0 unspecified atom stereocenters. The average Bonchev–Trinajstić information content (AvgIpc) is 2.33. The summed E-state index contributed by atoms with van der Waals surface area (Å²) in [4.78, 5) is 7.09. The average molecular weight is 267 g/mol. The number of hydrogen-bond donors (Lipinski definition) is 1. The zero-order valence-electron chi connectivity index (χ0n) is 9.45. The second kappa shape index (κ2) is 4.85. The third-order valence-corrected chi connectivity index (χ3v) is 2.96. The molecule has 0 radical (unpaired) electrons. The molecule has 17 heavy (non-hydrogen) atoms. The summed E-state index contributed by atoms with van der Waals surface area (Å²) in [6, 6.07) is 5.58. The minimum Gasteiger partial charge on any atom is -0.495 e. The standard InChI is InChI=1S/C12H11ClN2OS/c1-7-6-14-12(17)15-11(7)8-3-4-9(13)10(5-8)16-2/h3-6H,1-2H3,(H,14,15,17). The summed E-state index contributed by atoms with van der Waals surface area (Å²) in [7, 11) is 1.59. The molecule has 0 saturated carbocycles. The lowest BCUT2D eigenvalue weighted by atomic mass is 10.1. The van der Waals surface area contributed by atoms with Crippen molar-refractivity contribution in [2.75, 3.05) is 7.11 Å². The molecule has 0 bridgehead atoms. The number of H-pyrrole nitrogens is 1. The number of ether oxygens (including phenoxy) is 1. The lowest BCUT2D eigenvalue weighted by Crippen LogP contribution is -1.92. The second-order valence-corrected chi connectivity index (χ2v) is 4.39. The van der Waals surface area contributed by atoms with Crippen LogP contribution in [0.1, 0.15) is 5.56 Å². The summed E-state index contributed by atoms with van der Waals surface area (Å²) in [6.45, 7) is 1.97. The van der Waals surface area contributed by atoms with Gasteiger partial charge in [0.1, 0.15) is 5.75 Å². The van der Waals surface area contributed by atoms with Crippen LogP contribution in [0.25, 0.3) is 11.3 Å². The maximum atomic E-state index is 5.99. The Morgan fingerprint density at radius 3 is 2.88 bits per heavy atom. The van der Waals surface area contributed by atoms with Gasteiger partial charge in [0.25, 0.3) is 0 Å². The van der Waals surface area contributed by atoms with Crippen LogP contribution in [0.3, 0.4) is 0 Å². The molecule has 0 fully saturated rings. The van der Waals surface area contributed by atoms with Crippen molar-refractivity contribution in [1.29, 1.82) is 0 Å². The number of aromatic amines is 1. The molecule has 2 aromatic rings. The van der Waals surface area contributed by atoms with Gasteiger partial charge >= 0.3 is 0 Å². The highest BCUT2D eigenvalue weighted by Gasteiger charge is 2.06. The van der Waals surface area contributed by atoms with Crippen molar-refractivity contribution in [3.8, 4) is 17.0 Å². The molecule has 0 aliphatic heterocycles. The predicted octanol–water partition coefficient (Wildman–Crippen LogP) is 3.78. The van der Waals surface area contributed by atoms with Crippen LogP contribution in [0, 0.1) is 11.7 Å². The van der Waals surface area contributed by atoms with E-state index in [4.69, 9.17) is 28.6 Å². The molecule has 88 valence electrons. The van der Waals surface area contributed by atoms with E-state index in [1.165, 1.54) is 0 Å². The molecule has 0 spiro atoms. The van der Waals surface area contributed by atoms with Crippen molar-refractivity contribution in [3.63, 3.8) is 0 Å². The Morgan fingerprint density at radius 1 is 1.41 bits per heavy atom. The first-order valence-corrected chi connectivity index (χ1v) is 5.80. The van der Waals surface area contributed by atoms with Gasteiger partial charge < -0.3 is 9.72 Å². The summed E-state index contributed by atoms with van der Waals surface area (Å²) in [5.74, 6) is 0.639. The van der Waals surface area contributed by atoms with E-state index in [0.29, 0.717) is 15.5 Å². The van der Waals surface area contributed by atoms with Gasteiger partial charge in [0.15, 0.2) is 4.77 Å². The number of rotatable bonds is 2. The molecule has 1 heterocycles. The Labute approximate surface area is 109 Å². The van der Waals surface area contributed by atoms with E-state index in [0.717, 1.165) is 16.8 Å². The third-order valence-electron chi connectivity index (χ3n) is 2.44. The zero-order valence-corrected chi connectivity index (χ0v) is 11.0. The number of hydrogen-bond acceptors (Lipinski definition) is 3. The third kappa shape index (κ3) is 2.48. The van der Waals surface area contributed by atoms with Crippen LogP contribution in [0.15, 0.2) is 24.4 Å². The summed E-state index contributed by atoms with van der Waals surface area (Å²) in [6.07, 6.45) is 1.75. The van der Waals surface area contributed by atoms with Gasteiger partial charge in [-0.1, -0.05) is 17.7 Å². The molecule has 0 atom stereocenters. The fourth-order valence-electron chi connectivity index (χ4n) is 1.57. The van der Waals surface area contributed by atoms with Crippen LogP contribution in [0.5, 0.6) is 5.75 Å². The molecule has 3 nitrogen and oxygen atoms in total. The Hall–Kier alpha value is -1.39. The summed E-state index contributed by atoms with van der Waals surface area (Å²) >= 11 is 11.0. The van der Waals surface area contributed by atoms with Crippen LogP contribution in [-0.2, 0) is 0 Å². The van der Waals surface area contributed by atoms with Crippen molar-refractivity contribution >= 4 is 23.8 Å². The minimum absolute atomic E-state index is 0.458. The first kappa shape index (κ1) is 12.1. The lowest BCUT2D eigenvalue weighted by molar-refractivity contribution is 0.415. The first-order valence-electron chi connectivity index (χ1n) is 5.01. The maximum Gasteiger partial charge on any atom is 0.197 e. The van der Waals surface area contributed by atoms with Gasteiger partial charge in [-0.15, -0.1) is 0 Å². The molecule has 0 aliphatic carbocycles.